The number of aromatic hydroxyl groups is 5. The van der Waals surface area contributed by atoms with Gasteiger partial charge in [0.15, 0.2) is 5.78 Å². The summed E-state index contributed by atoms with van der Waals surface area (Å²) in [5.41, 5.74) is 6.36. The van der Waals surface area contributed by atoms with Crippen LogP contribution >= 0.6 is 0 Å². The number of allylic oxidation sites excluding steroid dienone is 3. The molecule has 4 aromatic carbocycles. The van der Waals surface area contributed by atoms with Crippen LogP contribution in [0.15, 0.2) is 84.5 Å². The molecule has 0 saturated heterocycles. The van der Waals surface area contributed by atoms with Crippen LogP contribution in [0.2, 0.25) is 0 Å². The van der Waals surface area contributed by atoms with E-state index < -0.39 is 18.1 Å². The monoisotopic (exact) mass is 648 g/mol. The number of carbonyl (C=O) groups excluding carboxylic acids is 1. The van der Waals surface area contributed by atoms with Crippen molar-refractivity contribution in [1.29, 1.82) is 0 Å². The van der Waals surface area contributed by atoms with Crippen LogP contribution < -0.4 is 9.47 Å². The highest BCUT2D eigenvalue weighted by Gasteiger charge is 2.45. The fourth-order valence-electron chi connectivity index (χ4n) is 6.98. The van der Waals surface area contributed by atoms with E-state index in [2.05, 4.69) is 12.7 Å². The summed E-state index contributed by atoms with van der Waals surface area (Å²) in [6, 6.07) is 15.4. The SMILES string of the molecule is C=C(C)C(CC=C(C)C)Cc1c2c(c(C)c3c1O[C@H](c1ccc(O)cc1)[C@H]3c1cc(O)cc(O)c1)C(=O)C[C@@H](c1ccc(O)cc1O)O2. The maximum atomic E-state index is 14.2. The van der Waals surface area contributed by atoms with Gasteiger partial charge in [-0.2, -0.15) is 0 Å². The molecule has 0 saturated carbocycles. The van der Waals surface area contributed by atoms with Gasteiger partial charge in [0.2, 0.25) is 0 Å². The molecule has 48 heavy (non-hydrogen) atoms. The molecule has 2 aliphatic rings. The summed E-state index contributed by atoms with van der Waals surface area (Å²) in [6.45, 7) is 12.2. The quantitative estimate of drug-likeness (QED) is 0.120. The second kappa shape index (κ2) is 12.7. The molecular formula is C40H40O8. The summed E-state index contributed by atoms with van der Waals surface area (Å²) in [7, 11) is 0. The molecule has 0 bridgehead atoms. The highest BCUT2D eigenvalue weighted by molar-refractivity contribution is 6.03. The summed E-state index contributed by atoms with van der Waals surface area (Å²) >= 11 is 0. The van der Waals surface area contributed by atoms with E-state index in [-0.39, 0.29) is 46.9 Å². The van der Waals surface area contributed by atoms with Crippen LogP contribution in [0, 0.1) is 12.8 Å². The van der Waals surface area contributed by atoms with E-state index in [0.29, 0.717) is 52.2 Å². The minimum atomic E-state index is -0.809. The van der Waals surface area contributed by atoms with Gasteiger partial charge in [0.25, 0.3) is 0 Å². The summed E-state index contributed by atoms with van der Waals surface area (Å²) in [4.78, 5) is 14.2. The normalized spacial score (nSPS) is 18.7. The van der Waals surface area contributed by atoms with Crippen molar-refractivity contribution in [2.45, 2.75) is 65.1 Å². The van der Waals surface area contributed by atoms with Gasteiger partial charge in [-0.3, -0.25) is 4.79 Å². The Morgan fingerprint density at radius 1 is 0.854 bits per heavy atom. The molecule has 0 spiro atoms. The largest absolute Gasteiger partial charge is 0.508 e. The third-order valence-corrected chi connectivity index (χ3v) is 9.39. The minimum absolute atomic E-state index is 0.0310. The molecule has 5 N–H and O–H groups in total. The predicted molar refractivity (Wildman–Crippen MR) is 182 cm³/mol. The summed E-state index contributed by atoms with van der Waals surface area (Å²) < 4.78 is 13.6. The van der Waals surface area contributed by atoms with E-state index in [4.69, 9.17) is 9.47 Å². The zero-order valence-corrected chi connectivity index (χ0v) is 27.4. The van der Waals surface area contributed by atoms with Crippen molar-refractivity contribution < 1.29 is 39.8 Å². The van der Waals surface area contributed by atoms with E-state index >= 15 is 0 Å². The molecule has 248 valence electrons. The Morgan fingerprint density at radius 3 is 2.15 bits per heavy atom. The summed E-state index contributed by atoms with van der Waals surface area (Å²) in [5, 5.41) is 51.8. The van der Waals surface area contributed by atoms with Gasteiger partial charge in [-0.1, -0.05) is 35.9 Å². The van der Waals surface area contributed by atoms with Crippen molar-refractivity contribution in [2.24, 2.45) is 5.92 Å². The molecule has 0 amide bonds. The average molecular weight is 649 g/mol. The summed E-state index contributed by atoms with van der Waals surface area (Å²) in [6.07, 6.45) is 1.81. The molecule has 4 aromatic rings. The van der Waals surface area contributed by atoms with Crippen LogP contribution in [0.25, 0.3) is 0 Å². The molecule has 8 nitrogen and oxygen atoms in total. The number of hydrogen-bond acceptors (Lipinski definition) is 8. The first-order valence-electron chi connectivity index (χ1n) is 16.0. The van der Waals surface area contributed by atoms with E-state index in [1.165, 1.54) is 23.8 Å². The van der Waals surface area contributed by atoms with E-state index in [9.17, 15) is 30.3 Å². The van der Waals surface area contributed by atoms with E-state index in [1.54, 1.807) is 42.5 Å². The molecule has 0 aliphatic carbocycles. The maximum absolute atomic E-state index is 14.2. The van der Waals surface area contributed by atoms with Gasteiger partial charge < -0.3 is 35.0 Å². The Kier molecular flexibility index (Phi) is 8.60. The van der Waals surface area contributed by atoms with Crippen LogP contribution in [0.4, 0.5) is 0 Å². The highest BCUT2D eigenvalue weighted by atomic mass is 16.5. The second-order valence-electron chi connectivity index (χ2n) is 13.2. The van der Waals surface area contributed by atoms with Crippen molar-refractivity contribution in [3.63, 3.8) is 0 Å². The van der Waals surface area contributed by atoms with Gasteiger partial charge in [-0.05, 0) is 99.5 Å². The lowest BCUT2D eigenvalue weighted by atomic mass is 9.78. The maximum Gasteiger partial charge on any atom is 0.170 e. The first-order chi connectivity index (χ1) is 22.8. The van der Waals surface area contributed by atoms with Crippen molar-refractivity contribution in [3.05, 3.63) is 123 Å². The number of benzene rings is 4. The molecule has 1 unspecified atom stereocenters. The third-order valence-electron chi connectivity index (χ3n) is 9.39. The number of carbonyl (C=O) groups is 1. The number of fused-ring (bicyclic) bond motifs is 2. The lowest BCUT2D eigenvalue weighted by molar-refractivity contribution is 0.0842. The Bertz CT molecular complexity index is 1930. The zero-order chi connectivity index (χ0) is 34.4. The second-order valence-corrected chi connectivity index (χ2v) is 13.2. The molecular weight excluding hydrogens is 608 g/mol. The molecule has 8 heteroatoms. The fraction of sp³-hybridized carbons (Fsp3) is 0.275. The lowest BCUT2D eigenvalue weighted by Crippen LogP contribution is -2.24. The van der Waals surface area contributed by atoms with E-state index in [1.807, 2.05) is 27.7 Å². The highest BCUT2D eigenvalue weighted by Crippen LogP contribution is 2.58. The van der Waals surface area contributed by atoms with Crippen molar-refractivity contribution in [1.82, 2.24) is 0 Å². The number of phenolic OH excluding ortho intramolecular Hbond substituents is 5. The Hall–Kier alpha value is -5.37. The minimum Gasteiger partial charge on any atom is -0.508 e. The standard InChI is InChI=1S/C40H40O8/c1-20(2)6-7-24(21(3)4)16-31-39-35(33(46)19-34(47-39)30-13-12-27(42)18-32(30)45)22(5)36-37(25-14-28(43)17-29(44)15-25)38(48-40(31)36)23-8-10-26(41)11-9-23/h6,8-15,17-18,24,34,37-38,41-45H,3,7,16,19H2,1-2,4-5H3/t24?,34-,37-,38+/m0/s1. The molecule has 0 radical (unpaired) electrons. The Morgan fingerprint density at radius 2 is 1.52 bits per heavy atom. The van der Waals surface area contributed by atoms with Crippen LogP contribution in [0.5, 0.6) is 40.2 Å². The Balaban J connectivity index is 1.61. The lowest BCUT2D eigenvalue weighted by Gasteiger charge is -2.31. The number of hydrogen-bond donors (Lipinski definition) is 5. The van der Waals surface area contributed by atoms with Crippen molar-refractivity contribution in [3.8, 4) is 40.2 Å². The van der Waals surface area contributed by atoms with Gasteiger partial charge in [0, 0.05) is 28.8 Å². The van der Waals surface area contributed by atoms with Crippen LogP contribution in [0.3, 0.4) is 0 Å². The van der Waals surface area contributed by atoms with Gasteiger partial charge >= 0.3 is 0 Å². The molecule has 0 aromatic heterocycles. The topological polar surface area (TPSA) is 137 Å². The summed E-state index contributed by atoms with van der Waals surface area (Å²) in [5.74, 6) is -0.221. The van der Waals surface area contributed by atoms with E-state index in [0.717, 1.165) is 16.7 Å². The smallest absolute Gasteiger partial charge is 0.170 e. The van der Waals surface area contributed by atoms with Crippen LogP contribution in [-0.4, -0.2) is 31.3 Å². The van der Waals surface area contributed by atoms with Gasteiger partial charge in [0.1, 0.15) is 52.5 Å². The average Bonchev–Trinajstić information content (AvgIpc) is 3.41. The van der Waals surface area contributed by atoms with Gasteiger partial charge in [-0.25, -0.2) is 0 Å². The molecule has 6 rings (SSSR count). The number of rotatable bonds is 8. The van der Waals surface area contributed by atoms with Gasteiger partial charge in [-0.15, -0.1) is 0 Å². The molecule has 2 aliphatic heterocycles. The fourth-order valence-corrected chi connectivity index (χ4v) is 6.98. The first kappa shape index (κ1) is 32.6. The predicted octanol–water partition coefficient (Wildman–Crippen LogP) is 8.59. The number of Topliss-reactive ketones (excluding diaryl/α,β-unsaturated/α-hetero) is 1. The first-order valence-corrected chi connectivity index (χ1v) is 16.0. The third kappa shape index (κ3) is 6.06. The molecule has 2 heterocycles. The number of ketones is 1. The molecule has 0 fully saturated rings. The molecule has 4 atom stereocenters. The van der Waals surface area contributed by atoms with Crippen molar-refractivity contribution in [2.75, 3.05) is 0 Å². The zero-order valence-electron chi connectivity index (χ0n) is 27.4. The van der Waals surface area contributed by atoms with Gasteiger partial charge in [0.05, 0.1) is 17.9 Å². The number of phenols is 5. The number of ether oxygens (including phenoxy) is 2. The van der Waals surface area contributed by atoms with Crippen molar-refractivity contribution >= 4 is 5.78 Å². The Labute approximate surface area is 279 Å². The van der Waals surface area contributed by atoms with Crippen LogP contribution in [-0.2, 0) is 6.42 Å². The van der Waals surface area contributed by atoms with Crippen LogP contribution in [0.1, 0.15) is 95.5 Å².